The van der Waals surface area contributed by atoms with Gasteiger partial charge in [-0.25, -0.2) is 4.98 Å². The van der Waals surface area contributed by atoms with Gasteiger partial charge in [-0.15, -0.1) is 0 Å². The van der Waals surface area contributed by atoms with Crippen LogP contribution in [0.5, 0.6) is 0 Å². The van der Waals surface area contributed by atoms with Gasteiger partial charge in [0.25, 0.3) is 5.91 Å². The Bertz CT molecular complexity index is 651. The fourth-order valence-corrected chi connectivity index (χ4v) is 1.85. The van der Waals surface area contributed by atoms with Crippen LogP contribution in [0.15, 0.2) is 34.9 Å². The van der Waals surface area contributed by atoms with Crippen LogP contribution in [0.3, 0.4) is 0 Å². The van der Waals surface area contributed by atoms with Crippen LogP contribution in [0, 0.1) is 6.92 Å². The lowest BCUT2D eigenvalue weighted by Gasteiger charge is -2.11. The summed E-state index contributed by atoms with van der Waals surface area (Å²) < 4.78 is 5.38. The smallest absolute Gasteiger partial charge is 0.251 e. The molecule has 1 atom stereocenters. The number of aryl methyl sites for hydroxylation is 1. The minimum Gasteiger partial charge on any atom is -0.444 e. The molecule has 6 heteroatoms. The van der Waals surface area contributed by atoms with E-state index < -0.39 is 0 Å². The number of hydrogen-bond acceptors (Lipinski definition) is 4. The van der Waals surface area contributed by atoms with Crippen molar-refractivity contribution in [1.29, 1.82) is 0 Å². The molecule has 0 fully saturated rings. The summed E-state index contributed by atoms with van der Waals surface area (Å²) in [5.41, 5.74) is 6.70. The van der Waals surface area contributed by atoms with E-state index in [1.54, 1.807) is 44.3 Å². The topological polar surface area (TPSA) is 81.2 Å². The summed E-state index contributed by atoms with van der Waals surface area (Å²) in [6, 6.07) is 6.55. The van der Waals surface area contributed by atoms with E-state index in [0.717, 1.165) is 0 Å². The highest BCUT2D eigenvalue weighted by Gasteiger charge is 2.15. The minimum absolute atomic E-state index is 0.230. The first-order valence-corrected chi connectivity index (χ1v) is 6.51. The average Bonchev–Trinajstić information content (AvgIpc) is 2.85. The van der Waals surface area contributed by atoms with Crippen molar-refractivity contribution < 1.29 is 9.21 Å². The molecule has 0 saturated heterocycles. The normalized spacial score (nSPS) is 11.9. The summed E-state index contributed by atoms with van der Waals surface area (Å²) in [5, 5.41) is 2.81. The van der Waals surface area contributed by atoms with Gasteiger partial charge in [0.2, 0.25) is 5.89 Å². The molecule has 1 unspecified atom stereocenters. The molecule has 5 nitrogen and oxygen atoms in total. The van der Waals surface area contributed by atoms with Crippen molar-refractivity contribution in [2.45, 2.75) is 19.9 Å². The molecule has 2 rings (SSSR count). The molecule has 3 N–H and O–H groups in total. The molecule has 0 radical (unpaired) electrons. The molecule has 1 heterocycles. The Kier molecular flexibility index (Phi) is 4.14. The van der Waals surface area contributed by atoms with E-state index in [1.165, 1.54) is 0 Å². The van der Waals surface area contributed by atoms with Gasteiger partial charge < -0.3 is 15.5 Å². The zero-order valence-corrected chi connectivity index (χ0v) is 12.0. The summed E-state index contributed by atoms with van der Waals surface area (Å²) in [7, 11) is 0. The summed E-state index contributed by atoms with van der Waals surface area (Å²) in [6.45, 7) is 3.61. The first kappa shape index (κ1) is 14.2. The third kappa shape index (κ3) is 3.21. The molecule has 0 saturated carbocycles. The van der Waals surface area contributed by atoms with Gasteiger partial charge in [-0.05, 0) is 26.0 Å². The van der Waals surface area contributed by atoms with E-state index in [2.05, 4.69) is 10.3 Å². The molecule has 0 spiro atoms. The Morgan fingerprint density at radius 2 is 2.15 bits per heavy atom. The van der Waals surface area contributed by atoms with Gasteiger partial charge >= 0.3 is 0 Å². The van der Waals surface area contributed by atoms with E-state index in [-0.39, 0.29) is 16.9 Å². The van der Waals surface area contributed by atoms with Gasteiger partial charge in [0.1, 0.15) is 16.8 Å². The number of nitrogens with one attached hydrogen (secondary N) is 1. The number of nitrogens with zero attached hydrogens (tertiary/aromatic N) is 1. The molecular formula is C14H15N3O2S. The van der Waals surface area contributed by atoms with E-state index >= 15 is 0 Å². The predicted octanol–water partition coefficient (Wildman–Crippen LogP) is 2.11. The molecule has 1 aromatic heterocycles. The number of nitrogens with two attached hydrogens (primary N) is 1. The molecule has 0 bridgehead atoms. The van der Waals surface area contributed by atoms with Crippen LogP contribution in [0.25, 0.3) is 0 Å². The quantitative estimate of drug-likeness (QED) is 0.842. The first-order chi connectivity index (χ1) is 9.47. The maximum absolute atomic E-state index is 12.1. The Hall–Kier alpha value is -2.21. The summed E-state index contributed by atoms with van der Waals surface area (Å²) in [6.07, 6.45) is 1.62. The molecule has 2 aromatic rings. The number of hydrogen-bond donors (Lipinski definition) is 2. The van der Waals surface area contributed by atoms with Crippen LogP contribution in [-0.4, -0.2) is 15.9 Å². The van der Waals surface area contributed by atoms with Gasteiger partial charge in [-0.1, -0.05) is 24.4 Å². The Labute approximate surface area is 122 Å². The Morgan fingerprint density at radius 1 is 1.45 bits per heavy atom. The predicted molar refractivity (Wildman–Crippen MR) is 79.5 cm³/mol. The lowest BCUT2D eigenvalue weighted by Crippen LogP contribution is -2.27. The van der Waals surface area contributed by atoms with Gasteiger partial charge in [-0.2, -0.15) is 0 Å². The molecule has 1 amide bonds. The van der Waals surface area contributed by atoms with E-state index in [4.69, 9.17) is 22.4 Å². The van der Waals surface area contributed by atoms with Crippen molar-refractivity contribution in [3.05, 3.63) is 53.2 Å². The van der Waals surface area contributed by atoms with Crippen molar-refractivity contribution in [3.8, 4) is 0 Å². The van der Waals surface area contributed by atoms with Crippen molar-refractivity contribution >= 4 is 23.1 Å². The maximum atomic E-state index is 12.1. The number of carbonyl (C=O) groups is 1. The van der Waals surface area contributed by atoms with E-state index in [9.17, 15) is 4.79 Å². The fraction of sp³-hybridized carbons (Fsp3) is 0.214. The molecule has 0 aliphatic carbocycles. The minimum atomic E-state index is -0.315. The van der Waals surface area contributed by atoms with E-state index in [0.29, 0.717) is 22.8 Å². The highest BCUT2D eigenvalue weighted by atomic mass is 32.1. The number of aromatic nitrogens is 1. The van der Waals surface area contributed by atoms with Gasteiger partial charge in [-0.3, -0.25) is 4.79 Å². The Morgan fingerprint density at radius 3 is 2.75 bits per heavy atom. The number of oxazole rings is 1. The fourth-order valence-electron chi connectivity index (χ4n) is 1.73. The summed E-state index contributed by atoms with van der Waals surface area (Å²) >= 11 is 4.90. The second-order valence-electron chi connectivity index (χ2n) is 4.45. The van der Waals surface area contributed by atoms with Crippen molar-refractivity contribution in [2.24, 2.45) is 5.73 Å². The molecule has 0 aliphatic heterocycles. The van der Waals surface area contributed by atoms with Crippen LogP contribution in [-0.2, 0) is 0 Å². The number of amides is 1. The number of thiocarbonyl (C=S) groups is 1. The molecular weight excluding hydrogens is 274 g/mol. The van der Waals surface area contributed by atoms with Crippen LogP contribution >= 0.6 is 12.2 Å². The van der Waals surface area contributed by atoms with Crippen LogP contribution in [0.2, 0.25) is 0 Å². The second kappa shape index (κ2) is 5.83. The zero-order valence-electron chi connectivity index (χ0n) is 11.2. The largest absolute Gasteiger partial charge is 0.444 e. The highest BCUT2D eigenvalue weighted by molar-refractivity contribution is 7.80. The number of carbonyl (C=O) groups excluding carboxylic acids is 1. The monoisotopic (exact) mass is 289 g/mol. The lowest BCUT2D eigenvalue weighted by atomic mass is 10.1. The van der Waals surface area contributed by atoms with Gasteiger partial charge in [0, 0.05) is 11.1 Å². The van der Waals surface area contributed by atoms with Gasteiger partial charge in [0.15, 0.2) is 0 Å². The molecule has 1 aromatic carbocycles. The summed E-state index contributed by atoms with van der Waals surface area (Å²) in [4.78, 5) is 16.5. The molecule has 0 aliphatic rings. The van der Waals surface area contributed by atoms with Crippen molar-refractivity contribution in [3.63, 3.8) is 0 Å². The number of rotatable bonds is 4. The second-order valence-corrected chi connectivity index (χ2v) is 4.89. The van der Waals surface area contributed by atoms with Gasteiger partial charge in [0.05, 0.1) is 6.20 Å². The highest BCUT2D eigenvalue weighted by Crippen LogP contribution is 2.13. The lowest BCUT2D eigenvalue weighted by molar-refractivity contribution is 0.0934. The standard InChI is InChI=1S/C14H15N3O2S/c1-8-7-16-14(19-8)9(2)17-13(18)11-5-3-4-10(6-11)12(15)20/h3-7,9H,1-2H3,(H2,15,20)(H,17,18). The maximum Gasteiger partial charge on any atom is 0.251 e. The third-order valence-corrected chi connectivity index (χ3v) is 3.00. The molecule has 20 heavy (non-hydrogen) atoms. The molecule has 104 valence electrons. The van der Waals surface area contributed by atoms with Crippen molar-refractivity contribution in [1.82, 2.24) is 10.3 Å². The zero-order chi connectivity index (χ0) is 14.7. The van der Waals surface area contributed by atoms with Crippen LogP contribution < -0.4 is 11.1 Å². The SMILES string of the molecule is Cc1cnc(C(C)NC(=O)c2cccc(C(N)=S)c2)o1. The number of benzene rings is 1. The van der Waals surface area contributed by atoms with Crippen LogP contribution in [0.1, 0.15) is 40.5 Å². The van der Waals surface area contributed by atoms with Crippen LogP contribution in [0.4, 0.5) is 0 Å². The first-order valence-electron chi connectivity index (χ1n) is 6.10. The summed E-state index contributed by atoms with van der Waals surface area (Å²) in [5.74, 6) is 0.949. The Balaban J connectivity index is 2.12. The van der Waals surface area contributed by atoms with E-state index in [1.807, 2.05) is 0 Å². The average molecular weight is 289 g/mol. The third-order valence-electron chi connectivity index (χ3n) is 2.77. The van der Waals surface area contributed by atoms with Crippen molar-refractivity contribution in [2.75, 3.05) is 0 Å².